The Kier molecular flexibility index (Phi) is 9.34. The summed E-state index contributed by atoms with van der Waals surface area (Å²) in [5.41, 5.74) is 1.21. The van der Waals surface area contributed by atoms with Gasteiger partial charge in [-0.2, -0.15) is 13.2 Å². The van der Waals surface area contributed by atoms with Gasteiger partial charge >= 0.3 is 6.18 Å². The van der Waals surface area contributed by atoms with Crippen molar-refractivity contribution in [2.75, 3.05) is 36.6 Å². The molecular formula is C25H24ClF3N4O4S. The number of rotatable bonds is 12. The average molecular weight is 569 g/mol. The van der Waals surface area contributed by atoms with E-state index in [0.717, 1.165) is 17.6 Å². The first-order valence-corrected chi connectivity index (χ1v) is 13.4. The molecule has 0 spiro atoms. The predicted molar refractivity (Wildman–Crippen MR) is 140 cm³/mol. The molecule has 8 nitrogen and oxygen atoms in total. The standard InChI is InChI=1S/C25H24ClF3N4O4S/c26-20-15-18(4-5-22(20)37-19-3-1-2-17(14-19)25(27,28)29)32-24-23-21(30-16-31-24)6-7-33(23)8-10-36-11-13-38(35)12-9-34/h1-7,14-16,34H,8-13H2,(H,30,31,32). The van der Waals surface area contributed by atoms with Crippen LogP contribution in [0.1, 0.15) is 5.56 Å². The van der Waals surface area contributed by atoms with E-state index >= 15 is 0 Å². The Morgan fingerprint density at radius 1 is 1.08 bits per heavy atom. The minimum absolute atomic E-state index is 0.0135. The minimum Gasteiger partial charge on any atom is -0.616 e. The van der Waals surface area contributed by atoms with Gasteiger partial charge < -0.3 is 29.0 Å². The molecule has 2 heterocycles. The zero-order valence-electron chi connectivity index (χ0n) is 19.9. The molecule has 4 aromatic rings. The van der Waals surface area contributed by atoms with Gasteiger partial charge in [0.2, 0.25) is 0 Å². The molecule has 1 unspecified atom stereocenters. The number of nitrogens with one attached hydrogen (secondary N) is 1. The average Bonchev–Trinajstić information content (AvgIpc) is 3.29. The third kappa shape index (κ3) is 7.29. The molecule has 0 fully saturated rings. The first kappa shape index (κ1) is 28.0. The molecule has 0 aliphatic heterocycles. The molecule has 13 heteroatoms. The van der Waals surface area contributed by atoms with Gasteiger partial charge in [0.05, 0.1) is 35.9 Å². The second-order valence-corrected chi connectivity index (χ2v) is 10.2. The van der Waals surface area contributed by atoms with Crippen LogP contribution >= 0.6 is 11.6 Å². The van der Waals surface area contributed by atoms with Gasteiger partial charge in [-0.1, -0.05) is 17.7 Å². The van der Waals surface area contributed by atoms with Crippen LogP contribution in [0.25, 0.3) is 11.0 Å². The summed E-state index contributed by atoms with van der Waals surface area (Å²) in [7, 11) is 0. The van der Waals surface area contributed by atoms with Crippen molar-refractivity contribution in [3.63, 3.8) is 0 Å². The number of nitrogens with zero attached hydrogens (tertiary/aromatic N) is 3. The molecule has 0 bridgehead atoms. The van der Waals surface area contributed by atoms with Crippen LogP contribution in [0.2, 0.25) is 5.02 Å². The number of aliphatic hydroxyl groups excluding tert-OH is 1. The van der Waals surface area contributed by atoms with Crippen LogP contribution in [0.3, 0.4) is 0 Å². The van der Waals surface area contributed by atoms with Crippen molar-refractivity contribution in [3.05, 3.63) is 71.6 Å². The van der Waals surface area contributed by atoms with E-state index in [-0.39, 0.29) is 28.9 Å². The number of halogens is 4. The van der Waals surface area contributed by atoms with Gasteiger partial charge in [-0.25, -0.2) is 9.97 Å². The highest BCUT2D eigenvalue weighted by Gasteiger charge is 2.30. The molecule has 0 amide bonds. The maximum absolute atomic E-state index is 13.0. The van der Waals surface area contributed by atoms with Gasteiger partial charge in [0.25, 0.3) is 0 Å². The number of hydrogen-bond donors (Lipinski definition) is 2. The lowest BCUT2D eigenvalue weighted by atomic mass is 10.2. The number of anilines is 2. The van der Waals surface area contributed by atoms with E-state index in [1.54, 1.807) is 18.2 Å². The predicted octanol–water partition coefficient (Wildman–Crippen LogP) is 5.40. The molecule has 2 aromatic carbocycles. The van der Waals surface area contributed by atoms with Crippen LogP contribution in [0, 0.1) is 0 Å². The first-order valence-electron chi connectivity index (χ1n) is 11.5. The lowest BCUT2D eigenvalue weighted by Crippen LogP contribution is -2.18. The fourth-order valence-electron chi connectivity index (χ4n) is 3.59. The van der Waals surface area contributed by atoms with Gasteiger partial charge in [-0.05, 0) is 53.6 Å². The summed E-state index contributed by atoms with van der Waals surface area (Å²) in [5, 5.41) is 12.2. The molecule has 0 aliphatic rings. The summed E-state index contributed by atoms with van der Waals surface area (Å²) in [6.45, 7) is 1.08. The smallest absolute Gasteiger partial charge is 0.416 e. The highest BCUT2D eigenvalue weighted by atomic mass is 35.5. The van der Waals surface area contributed by atoms with Crippen molar-refractivity contribution in [3.8, 4) is 11.5 Å². The molecule has 38 heavy (non-hydrogen) atoms. The van der Waals surface area contributed by atoms with E-state index in [0.29, 0.717) is 42.5 Å². The summed E-state index contributed by atoms with van der Waals surface area (Å²) >= 11 is 5.26. The van der Waals surface area contributed by atoms with Gasteiger partial charge in [-0.15, -0.1) is 0 Å². The van der Waals surface area contributed by atoms with Crippen LogP contribution in [-0.2, 0) is 28.6 Å². The van der Waals surface area contributed by atoms with E-state index in [1.165, 1.54) is 18.5 Å². The number of aliphatic hydroxyl groups is 1. The van der Waals surface area contributed by atoms with Crippen molar-refractivity contribution in [2.45, 2.75) is 12.7 Å². The third-order valence-corrected chi connectivity index (χ3v) is 6.94. The lowest BCUT2D eigenvalue weighted by molar-refractivity contribution is -0.137. The Morgan fingerprint density at radius 2 is 1.92 bits per heavy atom. The van der Waals surface area contributed by atoms with Gasteiger partial charge in [0.15, 0.2) is 5.82 Å². The SMILES string of the molecule is [O-][S+](CCO)CCOCCn1ccc2ncnc(Nc3ccc(Oc4cccc(C(F)(F)F)c4)c(Cl)c3)c21. The number of benzene rings is 2. The summed E-state index contributed by atoms with van der Waals surface area (Å²) in [4.78, 5) is 8.64. The molecule has 4 rings (SSSR count). The molecule has 1 atom stereocenters. The van der Waals surface area contributed by atoms with E-state index in [4.69, 9.17) is 26.2 Å². The summed E-state index contributed by atoms with van der Waals surface area (Å²) in [6, 6.07) is 11.2. The van der Waals surface area contributed by atoms with E-state index in [9.17, 15) is 17.7 Å². The number of aromatic nitrogens is 3. The molecule has 2 N–H and O–H groups in total. The number of fused-ring (bicyclic) bond motifs is 1. The maximum atomic E-state index is 13.0. The van der Waals surface area contributed by atoms with Gasteiger partial charge in [0.1, 0.15) is 34.8 Å². The Balaban J connectivity index is 1.43. The monoisotopic (exact) mass is 568 g/mol. The highest BCUT2D eigenvalue weighted by Crippen LogP contribution is 2.36. The largest absolute Gasteiger partial charge is 0.616 e. The molecule has 0 saturated heterocycles. The Morgan fingerprint density at radius 3 is 2.68 bits per heavy atom. The topological polar surface area (TPSA) is 104 Å². The lowest BCUT2D eigenvalue weighted by Gasteiger charge is -2.14. The van der Waals surface area contributed by atoms with Gasteiger partial charge in [0, 0.05) is 18.4 Å². The zero-order valence-corrected chi connectivity index (χ0v) is 21.5. The Labute approximate surface area is 224 Å². The fourth-order valence-corrected chi connectivity index (χ4v) is 4.52. The normalized spacial score (nSPS) is 12.6. The molecule has 0 saturated carbocycles. The summed E-state index contributed by atoms with van der Waals surface area (Å²) in [5.74, 6) is 1.33. The summed E-state index contributed by atoms with van der Waals surface area (Å²) < 4.78 is 63.7. The molecule has 2 aromatic heterocycles. The van der Waals surface area contributed by atoms with E-state index in [1.807, 2.05) is 16.8 Å². The van der Waals surface area contributed by atoms with Crippen molar-refractivity contribution in [1.82, 2.24) is 14.5 Å². The van der Waals surface area contributed by atoms with E-state index < -0.39 is 22.9 Å². The quantitative estimate of drug-likeness (QED) is 0.174. The molecule has 0 aliphatic carbocycles. The second kappa shape index (κ2) is 12.7. The molecule has 0 radical (unpaired) electrons. The van der Waals surface area contributed by atoms with Crippen LogP contribution in [0.5, 0.6) is 11.5 Å². The molecular weight excluding hydrogens is 545 g/mol. The van der Waals surface area contributed by atoms with Crippen molar-refractivity contribution < 1.29 is 32.3 Å². The van der Waals surface area contributed by atoms with Crippen LogP contribution in [-0.4, -0.2) is 55.5 Å². The van der Waals surface area contributed by atoms with Crippen molar-refractivity contribution in [1.29, 1.82) is 0 Å². The van der Waals surface area contributed by atoms with Crippen molar-refractivity contribution >= 4 is 45.3 Å². The van der Waals surface area contributed by atoms with Crippen LogP contribution in [0.15, 0.2) is 61.1 Å². The maximum Gasteiger partial charge on any atom is 0.416 e. The number of hydrogen-bond acceptors (Lipinski definition) is 7. The van der Waals surface area contributed by atoms with Crippen LogP contribution in [0.4, 0.5) is 24.7 Å². The first-order chi connectivity index (χ1) is 18.2. The van der Waals surface area contributed by atoms with Gasteiger partial charge in [-0.3, -0.25) is 0 Å². The van der Waals surface area contributed by atoms with Crippen molar-refractivity contribution in [2.24, 2.45) is 0 Å². The Hall–Kier alpha value is -3.03. The number of alkyl halides is 3. The highest BCUT2D eigenvalue weighted by molar-refractivity contribution is 7.91. The van der Waals surface area contributed by atoms with Crippen LogP contribution < -0.4 is 10.1 Å². The fraction of sp³-hybridized carbons (Fsp3) is 0.280. The zero-order chi connectivity index (χ0) is 27.1. The number of ether oxygens (including phenoxy) is 2. The minimum atomic E-state index is -4.48. The van der Waals surface area contributed by atoms with E-state index in [2.05, 4.69) is 15.3 Å². The third-order valence-electron chi connectivity index (χ3n) is 5.38. The Bertz CT molecular complexity index is 1370. The second-order valence-electron chi connectivity index (χ2n) is 8.05. The summed E-state index contributed by atoms with van der Waals surface area (Å²) in [6.07, 6.45) is -1.20. The molecule has 202 valence electrons.